The molecule has 0 unspecified atom stereocenters. The minimum absolute atomic E-state index is 0.0849. The summed E-state index contributed by atoms with van der Waals surface area (Å²) in [6.45, 7) is 2.85. The molecule has 0 saturated carbocycles. The van der Waals surface area contributed by atoms with Gasteiger partial charge in [-0.3, -0.25) is 0 Å². The van der Waals surface area contributed by atoms with Gasteiger partial charge in [-0.2, -0.15) is 5.10 Å². The van der Waals surface area contributed by atoms with E-state index in [9.17, 15) is 0 Å². The molecule has 4 heterocycles. The van der Waals surface area contributed by atoms with Gasteiger partial charge in [-0.15, -0.1) is 11.3 Å². The van der Waals surface area contributed by atoms with Crippen molar-refractivity contribution in [3.63, 3.8) is 0 Å². The first-order chi connectivity index (χ1) is 14.8. The van der Waals surface area contributed by atoms with Crippen LogP contribution in [0.15, 0.2) is 59.0 Å². The third-order valence-electron chi connectivity index (χ3n) is 5.57. The lowest BCUT2D eigenvalue weighted by Gasteiger charge is -2.38. The second-order valence-electron chi connectivity index (χ2n) is 7.31. The number of hydrogen-bond donors (Lipinski definition) is 0. The van der Waals surface area contributed by atoms with Gasteiger partial charge >= 0.3 is 0 Å². The molecule has 0 amide bonds. The van der Waals surface area contributed by atoms with Crippen molar-refractivity contribution in [2.75, 3.05) is 13.4 Å². The van der Waals surface area contributed by atoms with Crippen molar-refractivity contribution < 1.29 is 18.9 Å². The molecule has 3 aromatic rings. The van der Waals surface area contributed by atoms with Crippen LogP contribution in [0.2, 0.25) is 0 Å². The molecule has 6 nitrogen and oxygen atoms in total. The van der Waals surface area contributed by atoms with Crippen LogP contribution in [-0.2, 0) is 0 Å². The molecule has 0 spiro atoms. The summed E-state index contributed by atoms with van der Waals surface area (Å²) >= 11 is 1.67. The van der Waals surface area contributed by atoms with Gasteiger partial charge in [-0.1, -0.05) is 18.2 Å². The average molecular weight is 420 g/mol. The summed E-state index contributed by atoms with van der Waals surface area (Å²) in [5.41, 5.74) is 3.16. The lowest BCUT2D eigenvalue weighted by atomic mass is 9.96. The molecule has 0 saturated heterocycles. The Morgan fingerprint density at radius 2 is 2.07 bits per heavy atom. The summed E-state index contributed by atoms with van der Waals surface area (Å²) in [4.78, 5) is 1.12. The van der Waals surface area contributed by atoms with Crippen molar-refractivity contribution in [1.29, 1.82) is 0 Å². The standard InChI is InChI=1S/C23H20N2O4S/c1-2-26-19-6-3-5-15-17-12-16(14-8-9-18-20(11-14)28-13-27-18)24-25(17)23(29-22(15)19)21-7-4-10-30-21/h3-11,17,23H,2,12-13H2,1H3/t17-,23+/m1/s1. The monoisotopic (exact) mass is 420 g/mol. The summed E-state index contributed by atoms with van der Waals surface area (Å²) in [5, 5.41) is 9.16. The number of hydrogen-bond acceptors (Lipinski definition) is 7. The van der Waals surface area contributed by atoms with E-state index in [1.165, 1.54) is 0 Å². The highest BCUT2D eigenvalue weighted by molar-refractivity contribution is 7.10. The zero-order chi connectivity index (χ0) is 20.1. The Bertz CT molecular complexity index is 1130. The molecular weight excluding hydrogens is 400 g/mol. The smallest absolute Gasteiger partial charge is 0.231 e. The minimum atomic E-state index is -0.282. The summed E-state index contributed by atoms with van der Waals surface area (Å²) < 4.78 is 23.4. The van der Waals surface area contributed by atoms with Gasteiger partial charge in [0.2, 0.25) is 13.0 Å². The highest BCUT2D eigenvalue weighted by Crippen LogP contribution is 2.51. The molecule has 2 aromatic carbocycles. The lowest BCUT2D eigenvalue weighted by molar-refractivity contribution is -0.0188. The topological polar surface area (TPSA) is 52.5 Å². The predicted molar refractivity (Wildman–Crippen MR) is 114 cm³/mol. The van der Waals surface area contributed by atoms with E-state index in [4.69, 9.17) is 24.0 Å². The number of benzene rings is 2. The summed E-state index contributed by atoms with van der Waals surface area (Å²) in [7, 11) is 0. The SMILES string of the molecule is CCOc1cccc2c1O[C@@H](c1cccs1)N1N=C(c3ccc4c(c3)OCO4)C[C@H]21. The molecule has 6 rings (SSSR count). The molecule has 30 heavy (non-hydrogen) atoms. The lowest BCUT2D eigenvalue weighted by Crippen LogP contribution is -2.33. The van der Waals surface area contributed by atoms with Crippen molar-refractivity contribution in [1.82, 2.24) is 5.01 Å². The van der Waals surface area contributed by atoms with Crippen LogP contribution in [0.25, 0.3) is 0 Å². The highest BCUT2D eigenvalue weighted by Gasteiger charge is 2.42. The van der Waals surface area contributed by atoms with Crippen LogP contribution in [0.4, 0.5) is 0 Å². The zero-order valence-electron chi connectivity index (χ0n) is 16.4. The highest BCUT2D eigenvalue weighted by atomic mass is 32.1. The van der Waals surface area contributed by atoms with Crippen LogP contribution in [0.1, 0.15) is 41.6 Å². The van der Waals surface area contributed by atoms with Gasteiger partial charge < -0.3 is 18.9 Å². The largest absolute Gasteiger partial charge is 0.490 e. The maximum atomic E-state index is 6.49. The minimum Gasteiger partial charge on any atom is -0.490 e. The Morgan fingerprint density at radius 1 is 1.13 bits per heavy atom. The van der Waals surface area contributed by atoms with Gasteiger partial charge in [-0.25, -0.2) is 5.01 Å². The number of ether oxygens (including phenoxy) is 4. The molecule has 0 bridgehead atoms. The van der Waals surface area contributed by atoms with Crippen LogP contribution >= 0.6 is 11.3 Å². The third kappa shape index (κ3) is 2.73. The molecule has 2 atom stereocenters. The number of fused-ring (bicyclic) bond motifs is 4. The Labute approximate surface area is 178 Å². The Kier molecular flexibility index (Phi) is 4.09. The molecular formula is C23H20N2O4S. The van der Waals surface area contributed by atoms with Crippen LogP contribution in [0.5, 0.6) is 23.0 Å². The first-order valence-electron chi connectivity index (χ1n) is 10.0. The van der Waals surface area contributed by atoms with Crippen LogP contribution < -0.4 is 18.9 Å². The van der Waals surface area contributed by atoms with Gasteiger partial charge in [0.05, 0.1) is 23.2 Å². The Morgan fingerprint density at radius 3 is 2.93 bits per heavy atom. The van der Waals surface area contributed by atoms with E-state index in [2.05, 4.69) is 22.5 Å². The number of hydrazone groups is 1. The Balaban J connectivity index is 1.43. The number of nitrogens with zero attached hydrogens (tertiary/aromatic N) is 2. The molecule has 0 fully saturated rings. The Hall–Kier alpha value is -3.19. The van der Waals surface area contributed by atoms with Gasteiger partial charge in [0, 0.05) is 17.5 Å². The van der Waals surface area contributed by atoms with E-state index >= 15 is 0 Å². The third-order valence-corrected chi connectivity index (χ3v) is 6.48. The van der Waals surface area contributed by atoms with E-state index in [1.54, 1.807) is 11.3 Å². The predicted octanol–water partition coefficient (Wildman–Crippen LogP) is 5.12. The molecule has 3 aliphatic rings. The van der Waals surface area contributed by atoms with Crippen LogP contribution in [-0.4, -0.2) is 24.1 Å². The molecule has 0 aliphatic carbocycles. The number of rotatable bonds is 4. The molecule has 0 radical (unpaired) electrons. The zero-order valence-corrected chi connectivity index (χ0v) is 17.2. The molecule has 1 aromatic heterocycles. The molecule has 3 aliphatic heterocycles. The maximum absolute atomic E-state index is 6.49. The second-order valence-corrected chi connectivity index (χ2v) is 8.29. The van der Waals surface area contributed by atoms with Gasteiger partial charge in [-0.05, 0) is 42.6 Å². The molecule has 152 valence electrons. The van der Waals surface area contributed by atoms with E-state index in [-0.39, 0.29) is 19.1 Å². The van der Waals surface area contributed by atoms with Gasteiger partial charge in [0.1, 0.15) is 0 Å². The quantitative estimate of drug-likeness (QED) is 0.587. The fraction of sp³-hybridized carbons (Fsp3) is 0.261. The maximum Gasteiger partial charge on any atom is 0.231 e. The summed E-state index contributed by atoms with van der Waals surface area (Å²) in [5.74, 6) is 3.15. The van der Waals surface area contributed by atoms with Crippen molar-refractivity contribution >= 4 is 17.0 Å². The normalized spacial score (nSPS) is 21.0. The number of thiophene rings is 1. The summed E-state index contributed by atoms with van der Waals surface area (Å²) in [6, 6.07) is 16.3. The average Bonchev–Trinajstić information content (AvgIpc) is 3.53. The number of para-hydroxylation sites is 1. The molecule has 7 heteroatoms. The van der Waals surface area contributed by atoms with Crippen LogP contribution in [0.3, 0.4) is 0 Å². The van der Waals surface area contributed by atoms with E-state index in [0.29, 0.717) is 6.61 Å². The van der Waals surface area contributed by atoms with Crippen molar-refractivity contribution in [3.8, 4) is 23.0 Å². The molecule has 0 N–H and O–H groups in total. The van der Waals surface area contributed by atoms with Crippen molar-refractivity contribution in [2.45, 2.75) is 25.6 Å². The first-order valence-corrected chi connectivity index (χ1v) is 10.9. The van der Waals surface area contributed by atoms with E-state index in [0.717, 1.165) is 51.1 Å². The van der Waals surface area contributed by atoms with Crippen LogP contribution in [0, 0.1) is 0 Å². The first kappa shape index (κ1) is 17.7. The van der Waals surface area contributed by atoms with E-state index in [1.807, 2.05) is 43.3 Å². The fourth-order valence-electron chi connectivity index (χ4n) is 4.22. The second kappa shape index (κ2) is 6.95. The van der Waals surface area contributed by atoms with Gasteiger partial charge in [0.15, 0.2) is 23.0 Å². The fourth-order valence-corrected chi connectivity index (χ4v) is 4.97. The van der Waals surface area contributed by atoms with Gasteiger partial charge in [0.25, 0.3) is 0 Å². The van der Waals surface area contributed by atoms with Crippen molar-refractivity contribution in [3.05, 3.63) is 69.9 Å². The van der Waals surface area contributed by atoms with Crippen molar-refractivity contribution in [2.24, 2.45) is 5.10 Å². The van der Waals surface area contributed by atoms with E-state index < -0.39 is 0 Å². The summed E-state index contributed by atoms with van der Waals surface area (Å²) in [6.07, 6.45) is 0.503.